The van der Waals surface area contributed by atoms with Gasteiger partial charge in [-0.2, -0.15) is 0 Å². The highest BCUT2D eigenvalue weighted by atomic mass is 19.1. The summed E-state index contributed by atoms with van der Waals surface area (Å²) < 4.78 is 17.7. The molecule has 1 aromatic carbocycles. The van der Waals surface area contributed by atoms with E-state index in [1.165, 1.54) is 0 Å². The summed E-state index contributed by atoms with van der Waals surface area (Å²) in [5.41, 5.74) is 1.04. The molecule has 0 amide bonds. The lowest BCUT2D eigenvalue weighted by atomic mass is 10.2. The predicted molar refractivity (Wildman–Crippen MR) is 59.1 cm³/mol. The van der Waals surface area contributed by atoms with Gasteiger partial charge in [-0.1, -0.05) is 12.1 Å². The normalized spacial score (nSPS) is 22.2. The van der Waals surface area contributed by atoms with E-state index in [0.717, 1.165) is 18.7 Å². The average Bonchev–Trinajstić information content (AvgIpc) is 2.29. The Balaban J connectivity index is 1.94. The number of ether oxygens (including phenoxy) is 1. The van der Waals surface area contributed by atoms with Crippen LogP contribution in [0, 0.1) is 0 Å². The average molecular weight is 225 g/mol. The summed E-state index contributed by atoms with van der Waals surface area (Å²) >= 11 is 0. The van der Waals surface area contributed by atoms with E-state index in [4.69, 9.17) is 4.74 Å². The minimum Gasteiger partial charge on any atom is -0.508 e. The van der Waals surface area contributed by atoms with Crippen LogP contribution in [0.4, 0.5) is 4.39 Å². The Bertz CT molecular complexity index is 346. The first kappa shape index (κ1) is 11.4. The Kier molecular flexibility index (Phi) is 3.74. The zero-order valence-electron chi connectivity index (χ0n) is 9.10. The van der Waals surface area contributed by atoms with Crippen molar-refractivity contribution in [3.05, 3.63) is 29.8 Å². The first-order valence-electron chi connectivity index (χ1n) is 5.46. The molecule has 1 atom stereocenters. The van der Waals surface area contributed by atoms with Gasteiger partial charge < -0.3 is 9.84 Å². The molecule has 1 aliphatic heterocycles. The number of hydrogen-bond acceptors (Lipinski definition) is 3. The van der Waals surface area contributed by atoms with Gasteiger partial charge in [-0.05, 0) is 17.7 Å². The number of benzene rings is 1. The van der Waals surface area contributed by atoms with Gasteiger partial charge >= 0.3 is 0 Å². The van der Waals surface area contributed by atoms with Crippen LogP contribution in [0.2, 0.25) is 0 Å². The Morgan fingerprint density at radius 2 is 2.38 bits per heavy atom. The van der Waals surface area contributed by atoms with Crippen molar-refractivity contribution >= 4 is 0 Å². The van der Waals surface area contributed by atoms with Crippen molar-refractivity contribution < 1.29 is 14.2 Å². The minimum absolute atomic E-state index is 0.271. The molecule has 0 aromatic heterocycles. The van der Waals surface area contributed by atoms with E-state index < -0.39 is 6.67 Å². The van der Waals surface area contributed by atoms with Crippen LogP contribution in [0.15, 0.2) is 24.3 Å². The van der Waals surface area contributed by atoms with E-state index in [2.05, 4.69) is 4.90 Å². The van der Waals surface area contributed by atoms with Gasteiger partial charge in [-0.15, -0.1) is 0 Å². The summed E-state index contributed by atoms with van der Waals surface area (Å²) in [7, 11) is 0. The molecule has 4 heteroatoms. The lowest BCUT2D eigenvalue weighted by Gasteiger charge is -2.31. The standard InChI is InChI=1S/C12H16FNO2/c13-7-12-9-14(4-5-16-12)8-10-2-1-3-11(15)6-10/h1-3,6,12,15H,4-5,7-9H2/t12-/m0/s1. The number of aromatic hydroxyl groups is 1. The molecule has 1 aromatic rings. The fourth-order valence-corrected chi connectivity index (χ4v) is 1.93. The zero-order valence-corrected chi connectivity index (χ0v) is 9.10. The highest BCUT2D eigenvalue weighted by molar-refractivity contribution is 5.27. The zero-order chi connectivity index (χ0) is 11.4. The van der Waals surface area contributed by atoms with Crippen LogP contribution in [0.1, 0.15) is 5.56 Å². The number of halogens is 1. The lowest BCUT2D eigenvalue weighted by Crippen LogP contribution is -2.42. The molecule has 0 unspecified atom stereocenters. The number of hydrogen-bond donors (Lipinski definition) is 1. The number of nitrogens with zero attached hydrogens (tertiary/aromatic N) is 1. The Hall–Kier alpha value is -1.13. The molecule has 0 bridgehead atoms. The van der Waals surface area contributed by atoms with Gasteiger partial charge in [0.2, 0.25) is 0 Å². The van der Waals surface area contributed by atoms with Crippen molar-refractivity contribution in [2.45, 2.75) is 12.6 Å². The first-order valence-corrected chi connectivity index (χ1v) is 5.46. The van der Waals surface area contributed by atoms with E-state index in [0.29, 0.717) is 13.2 Å². The number of phenolic OH excluding ortho intramolecular Hbond substituents is 1. The maximum absolute atomic E-state index is 12.5. The number of alkyl halides is 1. The molecule has 1 aliphatic rings. The topological polar surface area (TPSA) is 32.7 Å². The molecule has 16 heavy (non-hydrogen) atoms. The molecular formula is C12H16FNO2. The molecular weight excluding hydrogens is 209 g/mol. The number of rotatable bonds is 3. The lowest BCUT2D eigenvalue weighted by molar-refractivity contribution is -0.0412. The van der Waals surface area contributed by atoms with E-state index in [1.54, 1.807) is 12.1 Å². The third-order valence-electron chi connectivity index (χ3n) is 2.71. The molecule has 0 spiro atoms. The summed E-state index contributed by atoms with van der Waals surface area (Å²) in [4.78, 5) is 2.14. The Morgan fingerprint density at radius 1 is 1.50 bits per heavy atom. The monoisotopic (exact) mass is 225 g/mol. The molecule has 1 fully saturated rings. The number of morpholine rings is 1. The molecule has 1 heterocycles. The summed E-state index contributed by atoms with van der Waals surface area (Å²) in [5, 5.41) is 9.34. The van der Waals surface area contributed by atoms with Gasteiger partial charge in [0.1, 0.15) is 12.4 Å². The maximum atomic E-state index is 12.5. The molecule has 88 valence electrons. The van der Waals surface area contributed by atoms with E-state index >= 15 is 0 Å². The number of phenols is 1. The van der Waals surface area contributed by atoms with E-state index in [1.807, 2.05) is 12.1 Å². The van der Waals surface area contributed by atoms with Crippen LogP contribution in [-0.4, -0.2) is 42.5 Å². The molecule has 3 nitrogen and oxygen atoms in total. The first-order chi connectivity index (χ1) is 7.78. The third kappa shape index (κ3) is 2.93. The molecule has 2 rings (SSSR count). The van der Waals surface area contributed by atoms with Crippen LogP contribution >= 0.6 is 0 Å². The smallest absolute Gasteiger partial charge is 0.117 e. The fraction of sp³-hybridized carbons (Fsp3) is 0.500. The van der Waals surface area contributed by atoms with E-state index in [-0.39, 0.29) is 11.9 Å². The predicted octanol–water partition coefficient (Wildman–Crippen LogP) is 1.56. The van der Waals surface area contributed by atoms with Crippen LogP contribution in [0.3, 0.4) is 0 Å². The summed E-state index contributed by atoms with van der Waals surface area (Å²) in [6.45, 7) is 2.30. The highest BCUT2D eigenvalue weighted by Gasteiger charge is 2.20. The van der Waals surface area contributed by atoms with Crippen molar-refractivity contribution in [3.8, 4) is 5.75 Å². The van der Waals surface area contributed by atoms with Crippen LogP contribution in [0.5, 0.6) is 5.75 Å². The Labute approximate surface area is 94.4 Å². The van der Waals surface area contributed by atoms with Gasteiger partial charge in [0.15, 0.2) is 0 Å². The molecule has 1 saturated heterocycles. The van der Waals surface area contributed by atoms with Crippen molar-refractivity contribution in [2.75, 3.05) is 26.4 Å². The fourth-order valence-electron chi connectivity index (χ4n) is 1.93. The molecule has 0 aliphatic carbocycles. The largest absolute Gasteiger partial charge is 0.508 e. The van der Waals surface area contributed by atoms with Gasteiger partial charge in [0.25, 0.3) is 0 Å². The van der Waals surface area contributed by atoms with E-state index in [9.17, 15) is 9.50 Å². The van der Waals surface area contributed by atoms with Crippen LogP contribution in [0.25, 0.3) is 0 Å². The van der Waals surface area contributed by atoms with Crippen LogP contribution < -0.4 is 0 Å². The highest BCUT2D eigenvalue weighted by Crippen LogP contribution is 2.15. The second kappa shape index (κ2) is 5.27. The maximum Gasteiger partial charge on any atom is 0.117 e. The van der Waals surface area contributed by atoms with Gasteiger partial charge in [-0.25, -0.2) is 4.39 Å². The summed E-state index contributed by atoms with van der Waals surface area (Å²) in [6.07, 6.45) is -0.300. The summed E-state index contributed by atoms with van der Waals surface area (Å²) in [6, 6.07) is 7.16. The van der Waals surface area contributed by atoms with Gasteiger partial charge in [0.05, 0.1) is 12.7 Å². The second-order valence-corrected chi connectivity index (χ2v) is 4.05. The third-order valence-corrected chi connectivity index (χ3v) is 2.71. The quantitative estimate of drug-likeness (QED) is 0.847. The van der Waals surface area contributed by atoms with Crippen molar-refractivity contribution in [2.24, 2.45) is 0 Å². The second-order valence-electron chi connectivity index (χ2n) is 4.05. The molecule has 0 saturated carbocycles. The SMILES string of the molecule is Oc1cccc(CN2CCO[C@@H](CF)C2)c1. The van der Waals surface area contributed by atoms with Gasteiger partial charge in [-0.3, -0.25) is 4.90 Å². The Morgan fingerprint density at radius 3 is 3.12 bits per heavy atom. The van der Waals surface area contributed by atoms with Crippen molar-refractivity contribution in [1.82, 2.24) is 4.90 Å². The van der Waals surface area contributed by atoms with Crippen molar-refractivity contribution in [1.29, 1.82) is 0 Å². The van der Waals surface area contributed by atoms with Crippen LogP contribution in [-0.2, 0) is 11.3 Å². The van der Waals surface area contributed by atoms with Gasteiger partial charge in [0, 0.05) is 19.6 Å². The summed E-state index contributed by atoms with van der Waals surface area (Å²) in [5.74, 6) is 0.271. The minimum atomic E-state index is -0.434. The van der Waals surface area contributed by atoms with Crippen molar-refractivity contribution in [3.63, 3.8) is 0 Å². The molecule has 1 N–H and O–H groups in total. The molecule has 0 radical (unpaired) electrons.